The van der Waals surface area contributed by atoms with Crippen LogP contribution in [0, 0.1) is 16.7 Å². The molecule has 3 amide bonds. The van der Waals surface area contributed by atoms with E-state index in [4.69, 9.17) is 9.47 Å². The van der Waals surface area contributed by atoms with Crippen LogP contribution in [0.15, 0.2) is 36.9 Å². The Morgan fingerprint density at radius 3 is 2.44 bits per heavy atom. The second-order valence-corrected chi connectivity index (χ2v) is 8.82. The highest BCUT2D eigenvalue weighted by Crippen LogP contribution is 2.35. The smallest absolute Gasteiger partial charge is 0.410 e. The average Bonchev–Trinajstić information content (AvgIpc) is 2.88. The van der Waals surface area contributed by atoms with E-state index in [1.165, 1.54) is 16.9 Å². The largest absolute Gasteiger partial charge is 0.497 e. The number of carbonyl (C=O) groups excluding carboxylic acids is 3. The van der Waals surface area contributed by atoms with Crippen molar-refractivity contribution in [2.45, 2.75) is 45.6 Å². The molecule has 0 bridgehead atoms. The number of imide groups is 1. The summed E-state index contributed by atoms with van der Waals surface area (Å²) >= 11 is 0. The minimum Gasteiger partial charge on any atom is -0.497 e. The van der Waals surface area contributed by atoms with Crippen LogP contribution in [0.4, 0.5) is 4.79 Å². The second-order valence-electron chi connectivity index (χ2n) is 8.82. The summed E-state index contributed by atoms with van der Waals surface area (Å²) in [4.78, 5) is 42.4. The van der Waals surface area contributed by atoms with Crippen molar-refractivity contribution in [3.8, 4) is 11.8 Å². The molecule has 172 valence electrons. The monoisotopic (exact) mass is 441 g/mol. The first-order chi connectivity index (χ1) is 15.1. The third-order valence-corrected chi connectivity index (χ3v) is 5.27. The molecular formula is C24H31N3O5. The SMILES string of the molecule is C=CC[C@]1(CCC#N)CN(C(=O)OC(C)(C)C)CCN(C(=O)c2ccc(OC)cc2)C1=O. The Balaban J connectivity index is 2.44. The minimum atomic E-state index is -1.15. The molecule has 1 aromatic rings. The fraction of sp³-hybridized carbons (Fsp3) is 0.500. The minimum absolute atomic E-state index is 0.0222. The Kier molecular flexibility index (Phi) is 8.03. The molecule has 1 aliphatic heterocycles. The summed E-state index contributed by atoms with van der Waals surface area (Å²) in [6, 6.07) is 8.55. The lowest BCUT2D eigenvalue weighted by molar-refractivity contribution is -0.138. The molecule has 0 aliphatic carbocycles. The van der Waals surface area contributed by atoms with E-state index in [-0.39, 0.29) is 38.9 Å². The molecule has 8 nitrogen and oxygen atoms in total. The van der Waals surface area contributed by atoms with Gasteiger partial charge in [-0.05, 0) is 57.9 Å². The summed E-state index contributed by atoms with van der Waals surface area (Å²) in [5.74, 6) is -0.288. The van der Waals surface area contributed by atoms with Gasteiger partial charge in [0.05, 0.1) is 18.6 Å². The van der Waals surface area contributed by atoms with Crippen molar-refractivity contribution in [2.24, 2.45) is 5.41 Å². The molecule has 0 N–H and O–H groups in total. The van der Waals surface area contributed by atoms with Gasteiger partial charge in [0.1, 0.15) is 11.4 Å². The Hall–Kier alpha value is -3.34. The van der Waals surface area contributed by atoms with E-state index in [9.17, 15) is 19.6 Å². The van der Waals surface area contributed by atoms with Gasteiger partial charge in [0.25, 0.3) is 5.91 Å². The summed E-state index contributed by atoms with van der Waals surface area (Å²) in [7, 11) is 1.53. The van der Waals surface area contributed by atoms with Gasteiger partial charge in [0, 0.05) is 31.6 Å². The van der Waals surface area contributed by atoms with E-state index in [0.29, 0.717) is 11.3 Å². The van der Waals surface area contributed by atoms with Crippen LogP contribution >= 0.6 is 0 Å². The van der Waals surface area contributed by atoms with Crippen LogP contribution in [-0.2, 0) is 9.53 Å². The van der Waals surface area contributed by atoms with Crippen molar-refractivity contribution in [3.05, 3.63) is 42.5 Å². The van der Waals surface area contributed by atoms with Gasteiger partial charge in [0.2, 0.25) is 5.91 Å². The number of ether oxygens (including phenoxy) is 2. The van der Waals surface area contributed by atoms with E-state index in [2.05, 4.69) is 12.6 Å². The van der Waals surface area contributed by atoms with Crippen molar-refractivity contribution < 1.29 is 23.9 Å². The first kappa shape index (κ1) is 24.9. The summed E-state index contributed by atoms with van der Waals surface area (Å²) < 4.78 is 10.7. The molecule has 0 unspecified atom stereocenters. The second kappa shape index (κ2) is 10.3. The highest BCUT2D eigenvalue weighted by Gasteiger charge is 2.47. The highest BCUT2D eigenvalue weighted by atomic mass is 16.6. The van der Waals surface area contributed by atoms with Gasteiger partial charge in [0.15, 0.2) is 0 Å². The van der Waals surface area contributed by atoms with Gasteiger partial charge in [-0.1, -0.05) is 6.08 Å². The molecule has 0 aromatic heterocycles. The third-order valence-electron chi connectivity index (χ3n) is 5.27. The Bertz CT molecular complexity index is 898. The van der Waals surface area contributed by atoms with E-state index < -0.39 is 28.9 Å². The van der Waals surface area contributed by atoms with Gasteiger partial charge in [-0.15, -0.1) is 6.58 Å². The molecule has 1 aliphatic rings. The maximum Gasteiger partial charge on any atom is 0.410 e. The Labute approximate surface area is 189 Å². The predicted molar refractivity (Wildman–Crippen MR) is 119 cm³/mol. The number of hydrogen-bond acceptors (Lipinski definition) is 6. The molecule has 1 fully saturated rings. The topological polar surface area (TPSA) is 99.9 Å². The molecule has 1 aromatic carbocycles. The van der Waals surface area contributed by atoms with Crippen molar-refractivity contribution in [3.63, 3.8) is 0 Å². The zero-order valence-corrected chi connectivity index (χ0v) is 19.2. The van der Waals surface area contributed by atoms with Crippen molar-refractivity contribution >= 4 is 17.9 Å². The maximum absolute atomic E-state index is 13.7. The van der Waals surface area contributed by atoms with Gasteiger partial charge >= 0.3 is 6.09 Å². The number of nitrogens with zero attached hydrogens (tertiary/aromatic N) is 3. The summed E-state index contributed by atoms with van der Waals surface area (Å²) in [5, 5.41) is 9.18. The zero-order valence-electron chi connectivity index (χ0n) is 19.2. The van der Waals surface area contributed by atoms with Gasteiger partial charge in [-0.2, -0.15) is 5.26 Å². The lowest BCUT2D eigenvalue weighted by Gasteiger charge is -2.35. The van der Waals surface area contributed by atoms with Crippen LogP contribution in [0.1, 0.15) is 50.4 Å². The number of benzene rings is 1. The van der Waals surface area contributed by atoms with E-state index in [1.54, 1.807) is 51.1 Å². The normalized spacial score (nSPS) is 19.0. The number of nitriles is 1. The molecule has 1 saturated heterocycles. The molecule has 0 spiro atoms. The molecular weight excluding hydrogens is 410 g/mol. The van der Waals surface area contributed by atoms with Crippen LogP contribution in [-0.4, -0.2) is 60.1 Å². The molecule has 1 atom stereocenters. The van der Waals surface area contributed by atoms with Crippen LogP contribution < -0.4 is 4.74 Å². The van der Waals surface area contributed by atoms with Gasteiger partial charge in [-0.3, -0.25) is 14.5 Å². The summed E-state index contributed by atoms with van der Waals surface area (Å²) in [6.07, 6.45) is 1.55. The van der Waals surface area contributed by atoms with Crippen molar-refractivity contribution in [1.82, 2.24) is 9.80 Å². The Morgan fingerprint density at radius 1 is 1.25 bits per heavy atom. The quantitative estimate of drug-likeness (QED) is 0.492. The van der Waals surface area contributed by atoms with Crippen molar-refractivity contribution in [2.75, 3.05) is 26.7 Å². The number of allylic oxidation sites excluding steroid dienone is 1. The van der Waals surface area contributed by atoms with E-state index in [1.807, 2.05) is 0 Å². The fourth-order valence-corrected chi connectivity index (χ4v) is 3.70. The van der Waals surface area contributed by atoms with Crippen LogP contribution in [0.2, 0.25) is 0 Å². The fourth-order valence-electron chi connectivity index (χ4n) is 3.70. The van der Waals surface area contributed by atoms with Gasteiger partial charge in [-0.25, -0.2) is 4.79 Å². The molecule has 1 heterocycles. The summed E-state index contributed by atoms with van der Waals surface area (Å²) in [5.41, 5.74) is -1.52. The lowest BCUT2D eigenvalue weighted by Crippen LogP contribution is -2.48. The number of methoxy groups -OCH3 is 1. The molecule has 0 radical (unpaired) electrons. The lowest BCUT2D eigenvalue weighted by atomic mass is 9.78. The first-order valence-corrected chi connectivity index (χ1v) is 10.5. The first-order valence-electron chi connectivity index (χ1n) is 10.5. The predicted octanol–water partition coefficient (Wildman–Crippen LogP) is 3.78. The van der Waals surface area contributed by atoms with Crippen LogP contribution in [0.5, 0.6) is 5.75 Å². The molecule has 32 heavy (non-hydrogen) atoms. The zero-order chi connectivity index (χ0) is 23.9. The Morgan fingerprint density at radius 2 is 1.91 bits per heavy atom. The van der Waals surface area contributed by atoms with E-state index >= 15 is 0 Å². The molecule has 0 saturated carbocycles. The maximum atomic E-state index is 13.7. The summed E-state index contributed by atoms with van der Waals surface area (Å²) in [6.45, 7) is 9.25. The number of amides is 3. The highest BCUT2D eigenvalue weighted by molar-refractivity contribution is 6.06. The van der Waals surface area contributed by atoms with Crippen LogP contribution in [0.25, 0.3) is 0 Å². The average molecular weight is 442 g/mol. The van der Waals surface area contributed by atoms with Crippen LogP contribution in [0.3, 0.4) is 0 Å². The van der Waals surface area contributed by atoms with Crippen molar-refractivity contribution in [1.29, 1.82) is 5.26 Å². The van der Waals surface area contributed by atoms with E-state index in [0.717, 1.165) is 0 Å². The molecule has 8 heteroatoms. The number of carbonyl (C=O) groups is 3. The third kappa shape index (κ3) is 5.88. The number of hydrogen-bond donors (Lipinski definition) is 0. The standard InChI is InChI=1S/C24H31N3O5/c1-6-12-24(13-7-14-25)17-26(22(30)32-23(2,3)4)15-16-27(21(24)29)20(28)18-8-10-19(31-5)11-9-18/h6,8-11H,1,7,12-13,15-17H2,2-5H3/t24-/m0/s1. The van der Waals surface area contributed by atoms with Gasteiger partial charge < -0.3 is 14.4 Å². The number of rotatable bonds is 6. The molecule has 2 rings (SSSR count).